The quantitative estimate of drug-likeness (QED) is 0.868. The van der Waals surface area contributed by atoms with Crippen LogP contribution in [0.1, 0.15) is 17.9 Å². The minimum absolute atomic E-state index is 0.0510. The maximum Gasteiger partial charge on any atom is 0.328 e. The van der Waals surface area contributed by atoms with Gasteiger partial charge in [0.1, 0.15) is 11.8 Å². The summed E-state index contributed by atoms with van der Waals surface area (Å²) in [6.45, 7) is 2.14. The van der Waals surface area contributed by atoms with Gasteiger partial charge in [-0.2, -0.15) is 0 Å². The summed E-state index contributed by atoms with van der Waals surface area (Å²) in [4.78, 5) is 27.7. The summed E-state index contributed by atoms with van der Waals surface area (Å²) in [6, 6.07) is 8.94. The Balaban J connectivity index is 1.69. The Kier molecular flexibility index (Phi) is 3.91. The summed E-state index contributed by atoms with van der Waals surface area (Å²) in [5, 5.41) is 2.65. The summed E-state index contributed by atoms with van der Waals surface area (Å²) in [5.74, 6) is 0.333. The first kappa shape index (κ1) is 14.3. The third-order valence-electron chi connectivity index (χ3n) is 3.51. The number of hydrogen-bond acceptors (Lipinski definition) is 5. The Morgan fingerprint density at radius 3 is 2.82 bits per heavy atom. The first-order valence-corrected chi connectivity index (χ1v) is 7.11. The van der Waals surface area contributed by atoms with Gasteiger partial charge in [-0.3, -0.25) is 4.79 Å². The number of benzene rings is 1. The van der Waals surface area contributed by atoms with E-state index in [0.29, 0.717) is 30.4 Å². The van der Waals surface area contributed by atoms with Gasteiger partial charge < -0.3 is 14.5 Å². The molecule has 0 radical (unpaired) electrons. The average molecular weight is 300 g/mol. The molecule has 1 saturated heterocycles. The minimum atomic E-state index is -0.552. The standard InChI is InChI=1S/C16H16N2O4/c1-10-13(9-14(19)18-12-7-8-21-16(12)20)22-15(17-10)11-5-3-2-4-6-11/h2-6,12H,7-9H2,1H3,(H,18,19)/t12-/m0/s1. The van der Waals surface area contributed by atoms with Crippen molar-refractivity contribution in [2.24, 2.45) is 0 Å². The van der Waals surface area contributed by atoms with Crippen molar-refractivity contribution in [2.45, 2.75) is 25.8 Å². The molecule has 0 unspecified atom stereocenters. The van der Waals surface area contributed by atoms with Crippen molar-refractivity contribution in [1.29, 1.82) is 0 Å². The van der Waals surface area contributed by atoms with Crippen LogP contribution in [0.5, 0.6) is 0 Å². The van der Waals surface area contributed by atoms with Crippen LogP contribution in [-0.2, 0) is 20.7 Å². The second kappa shape index (κ2) is 6.01. The van der Waals surface area contributed by atoms with Crippen LogP contribution in [-0.4, -0.2) is 29.5 Å². The second-order valence-electron chi connectivity index (χ2n) is 5.15. The Labute approximate surface area is 127 Å². The van der Waals surface area contributed by atoms with Gasteiger partial charge in [-0.15, -0.1) is 0 Å². The van der Waals surface area contributed by atoms with E-state index in [2.05, 4.69) is 10.3 Å². The maximum absolute atomic E-state index is 12.0. The predicted octanol–water partition coefficient (Wildman–Crippen LogP) is 1.62. The van der Waals surface area contributed by atoms with Gasteiger partial charge in [0.05, 0.1) is 18.7 Å². The Hall–Kier alpha value is -2.63. The van der Waals surface area contributed by atoms with Gasteiger partial charge in [0.2, 0.25) is 11.8 Å². The number of rotatable bonds is 4. The molecular weight excluding hydrogens is 284 g/mol. The molecule has 0 spiro atoms. The molecule has 6 nitrogen and oxygen atoms in total. The van der Waals surface area contributed by atoms with Gasteiger partial charge >= 0.3 is 5.97 Å². The van der Waals surface area contributed by atoms with E-state index in [0.717, 1.165) is 5.56 Å². The highest BCUT2D eigenvalue weighted by molar-refractivity contribution is 5.86. The van der Waals surface area contributed by atoms with Crippen molar-refractivity contribution < 1.29 is 18.7 Å². The average Bonchev–Trinajstić information content (AvgIpc) is 3.07. The highest BCUT2D eigenvalue weighted by Crippen LogP contribution is 2.21. The SMILES string of the molecule is Cc1nc(-c2ccccc2)oc1CC(=O)N[C@H]1CCOC1=O. The molecule has 1 N–H and O–H groups in total. The lowest BCUT2D eigenvalue weighted by Gasteiger charge is -2.07. The molecule has 0 aliphatic carbocycles. The number of cyclic esters (lactones) is 1. The first-order valence-electron chi connectivity index (χ1n) is 7.11. The highest BCUT2D eigenvalue weighted by atomic mass is 16.5. The van der Waals surface area contributed by atoms with Crippen LogP contribution in [0.3, 0.4) is 0 Å². The molecule has 0 bridgehead atoms. The number of amides is 1. The number of carbonyl (C=O) groups excluding carboxylic acids is 2. The monoisotopic (exact) mass is 300 g/mol. The molecule has 1 aromatic carbocycles. The summed E-state index contributed by atoms with van der Waals surface area (Å²) in [6.07, 6.45) is 0.560. The zero-order valence-electron chi connectivity index (χ0n) is 12.2. The van der Waals surface area contributed by atoms with E-state index in [4.69, 9.17) is 9.15 Å². The molecule has 0 saturated carbocycles. The number of ether oxygens (including phenoxy) is 1. The molecule has 22 heavy (non-hydrogen) atoms. The second-order valence-corrected chi connectivity index (χ2v) is 5.15. The third kappa shape index (κ3) is 3.00. The number of esters is 1. The van der Waals surface area contributed by atoms with Crippen LogP contribution in [0.25, 0.3) is 11.5 Å². The number of aromatic nitrogens is 1. The number of carbonyl (C=O) groups is 2. The summed E-state index contributed by atoms with van der Waals surface area (Å²) in [5.41, 5.74) is 1.53. The molecular formula is C16H16N2O4. The van der Waals surface area contributed by atoms with Gasteiger partial charge in [-0.05, 0) is 19.1 Å². The molecule has 114 valence electrons. The van der Waals surface area contributed by atoms with Gasteiger partial charge in [0, 0.05) is 12.0 Å². The Morgan fingerprint density at radius 2 is 2.14 bits per heavy atom. The minimum Gasteiger partial charge on any atom is -0.464 e. The topological polar surface area (TPSA) is 81.4 Å². The molecule has 1 aromatic heterocycles. The molecule has 1 atom stereocenters. The fraction of sp³-hybridized carbons (Fsp3) is 0.312. The van der Waals surface area contributed by atoms with Crippen LogP contribution >= 0.6 is 0 Å². The van der Waals surface area contributed by atoms with Gasteiger partial charge in [-0.25, -0.2) is 9.78 Å². The van der Waals surface area contributed by atoms with Crippen LogP contribution in [0, 0.1) is 6.92 Å². The molecule has 1 fully saturated rings. The summed E-state index contributed by atoms with van der Waals surface area (Å²) < 4.78 is 10.5. The first-order chi connectivity index (χ1) is 10.6. The van der Waals surface area contributed by atoms with Crippen molar-refractivity contribution in [3.63, 3.8) is 0 Å². The van der Waals surface area contributed by atoms with Crippen molar-refractivity contribution in [3.8, 4) is 11.5 Å². The van der Waals surface area contributed by atoms with Gasteiger partial charge in [-0.1, -0.05) is 18.2 Å². The lowest BCUT2D eigenvalue weighted by Crippen LogP contribution is -2.38. The number of hydrogen-bond donors (Lipinski definition) is 1. The zero-order chi connectivity index (χ0) is 15.5. The summed E-state index contributed by atoms with van der Waals surface area (Å²) in [7, 11) is 0. The molecule has 1 aliphatic rings. The van der Waals surface area contributed by atoms with Crippen molar-refractivity contribution in [3.05, 3.63) is 41.8 Å². The fourth-order valence-corrected chi connectivity index (χ4v) is 2.31. The van der Waals surface area contributed by atoms with Crippen LogP contribution in [0.15, 0.2) is 34.7 Å². The number of aryl methyl sites for hydroxylation is 1. The maximum atomic E-state index is 12.0. The fourth-order valence-electron chi connectivity index (χ4n) is 2.31. The molecule has 1 aliphatic heterocycles. The van der Waals surface area contributed by atoms with Gasteiger partial charge in [0.25, 0.3) is 0 Å². The van der Waals surface area contributed by atoms with E-state index in [1.165, 1.54) is 0 Å². The smallest absolute Gasteiger partial charge is 0.328 e. The Bertz CT molecular complexity index is 693. The van der Waals surface area contributed by atoms with E-state index in [9.17, 15) is 9.59 Å². The number of nitrogens with one attached hydrogen (secondary N) is 1. The van der Waals surface area contributed by atoms with E-state index in [1.54, 1.807) is 6.92 Å². The highest BCUT2D eigenvalue weighted by Gasteiger charge is 2.28. The van der Waals surface area contributed by atoms with E-state index < -0.39 is 6.04 Å². The number of oxazole rings is 1. The van der Waals surface area contributed by atoms with Crippen LogP contribution in [0.2, 0.25) is 0 Å². The Morgan fingerprint density at radius 1 is 1.36 bits per heavy atom. The summed E-state index contributed by atoms with van der Waals surface area (Å²) >= 11 is 0. The van der Waals surface area contributed by atoms with Crippen LogP contribution in [0.4, 0.5) is 0 Å². The molecule has 2 aromatic rings. The lowest BCUT2D eigenvalue weighted by atomic mass is 10.2. The van der Waals surface area contributed by atoms with E-state index in [-0.39, 0.29) is 18.3 Å². The van der Waals surface area contributed by atoms with Crippen LogP contribution < -0.4 is 5.32 Å². The zero-order valence-corrected chi connectivity index (χ0v) is 12.2. The molecule has 6 heteroatoms. The van der Waals surface area contributed by atoms with Crippen molar-refractivity contribution in [1.82, 2.24) is 10.3 Å². The largest absolute Gasteiger partial charge is 0.464 e. The molecule has 1 amide bonds. The van der Waals surface area contributed by atoms with Crippen molar-refractivity contribution >= 4 is 11.9 Å². The molecule has 3 rings (SSSR count). The lowest BCUT2D eigenvalue weighted by molar-refractivity contribution is -0.141. The predicted molar refractivity (Wildman–Crippen MR) is 77.9 cm³/mol. The normalized spacial score (nSPS) is 17.3. The van der Waals surface area contributed by atoms with E-state index in [1.807, 2.05) is 30.3 Å². The van der Waals surface area contributed by atoms with Crippen molar-refractivity contribution in [2.75, 3.05) is 6.61 Å². The number of nitrogens with zero attached hydrogens (tertiary/aromatic N) is 1. The third-order valence-corrected chi connectivity index (χ3v) is 3.51. The van der Waals surface area contributed by atoms with E-state index >= 15 is 0 Å². The van der Waals surface area contributed by atoms with Gasteiger partial charge in [0.15, 0.2) is 0 Å². The molecule has 2 heterocycles.